The molecule has 1 fully saturated rings. The van der Waals surface area contributed by atoms with E-state index < -0.39 is 10.0 Å². The van der Waals surface area contributed by atoms with Gasteiger partial charge in [-0.2, -0.15) is 4.31 Å². The molecule has 1 atom stereocenters. The summed E-state index contributed by atoms with van der Waals surface area (Å²) in [5.41, 5.74) is 2.89. The average molecular weight is 447 g/mol. The van der Waals surface area contributed by atoms with Crippen LogP contribution >= 0.6 is 0 Å². The van der Waals surface area contributed by atoms with Crippen molar-refractivity contribution < 1.29 is 22.7 Å². The van der Waals surface area contributed by atoms with Gasteiger partial charge < -0.3 is 14.8 Å². The third kappa shape index (κ3) is 5.64. The lowest BCUT2D eigenvalue weighted by Gasteiger charge is -2.26. The van der Waals surface area contributed by atoms with Crippen molar-refractivity contribution in [1.29, 1.82) is 0 Å². The van der Waals surface area contributed by atoms with Crippen molar-refractivity contribution in [3.05, 3.63) is 59.2 Å². The van der Waals surface area contributed by atoms with E-state index in [1.807, 2.05) is 38.1 Å². The molecule has 1 aliphatic heterocycles. The maximum absolute atomic E-state index is 13.0. The Hall–Kier alpha value is -2.42. The molecule has 7 nitrogen and oxygen atoms in total. The molecular weight excluding hydrogens is 416 g/mol. The number of ether oxygens (including phenoxy) is 2. The number of nitrogens with one attached hydrogen (secondary N) is 1. The fourth-order valence-corrected chi connectivity index (χ4v) is 5.22. The van der Waals surface area contributed by atoms with Crippen LogP contribution in [0, 0.1) is 6.92 Å². The van der Waals surface area contributed by atoms with Crippen molar-refractivity contribution >= 4 is 15.9 Å². The second-order valence-corrected chi connectivity index (χ2v) is 9.57. The molecule has 0 aromatic heterocycles. The fraction of sp³-hybridized carbons (Fsp3) is 0.435. The number of hydrogen-bond donors (Lipinski definition) is 1. The number of amides is 1. The van der Waals surface area contributed by atoms with Gasteiger partial charge in [-0.25, -0.2) is 8.42 Å². The summed E-state index contributed by atoms with van der Waals surface area (Å²) in [5.74, 6) is 0.472. The number of carbonyl (C=O) groups excluding carboxylic acids is 1. The summed E-state index contributed by atoms with van der Waals surface area (Å²) < 4.78 is 38.0. The number of carbonyl (C=O) groups is 1. The third-order valence-electron chi connectivity index (χ3n) is 5.51. The minimum absolute atomic E-state index is 0.0979. The van der Waals surface area contributed by atoms with Crippen molar-refractivity contribution in [2.45, 2.75) is 37.6 Å². The number of sulfonamides is 1. The van der Waals surface area contributed by atoms with Crippen LogP contribution in [-0.4, -0.2) is 52.0 Å². The van der Waals surface area contributed by atoms with E-state index in [1.54, 1.807) is 18.2 Å². The van der Waals surface area contributed by atoms with Crippen LogP contribution in [0.25, 0.3) is 0 Å². The van der Waals surface area contributed by atoms with Gasteiger partial charge in [-0.1, -0.05) is 24.3 Å². The molecule has 2 aromatic rings. The first kappa shape index (κ1) is 23.2. The minimum Gasteiger partial charge on any atom is -0.496 e. The molecule has 0 saturated carbocycles. The lowest BCUT2D eigenvalue weighted by molar-refractivity contribution is -0.121. The van der Waals surface area contributed by atoms with E-state index in [1.165, 1.54) is 11.4 Å². The van der Waals surface area contributed by atoms with E-state index >= 15 is 0 Å². The lowest BCUT2D eigenvalue weighted by atomic mass is 10.0. The molecule has 0 spiro atoms. The molecule has 0 bridgehead atoms. The number of rotatable bonds is 8. The van der Waals surface area contributed by atoms with Gasteiger partial charge in [0.1, 0.15) is 5.75 Å². The molecule has 31 heavy (non-hydrogen) atoms. The number of aryl methyl sites for hydroxylation is 2. The Morgan fingerprint density at radius 1 is 1.19 bits per heavy atom. The summed E-state index contributed by atoms with van der Waals surface area (Å²) in [5, 5.41) is 3.02. The van der Waals surface area contributed by atoms with Crippen molar-refractivity contribution in [1.82, 2.24) is 9.62 Å². The third-order valence-corrected chi connectivity index (χ3v) is 7.41. The molecule has 1 heterocycles. The van der Waals surface area contributed by atoms with Crippen LogP contribution in [0.5, 0.6) is 5.75 Å². The summed E-state index contributed by atoms with van der Waals surface area (Å²) in [6.45, 7) is 5.42. The molecule has 0 aliphatic carbocycles. The average Bonchev–Trinajstić information content (AvgIpc) is 2.78. The first-order valence-electron chi connectivity index (χ1n) is 10.4. The molecule has 0 unspecified atom stereocenters. The van der Waals surface area contributed by atoms with Crippen LogP contribution in [-0.2, 0) is 26.0 Å². The quantitative estimate of drug-likeness (QED) is 0.674. The molecular formula is C23H30N2O5S. The first-order valence-corrected chi connectivity index (χ1v) is 11.9. The van der Waals surface area contributed by atoms with Crippen LogP contribution < -0.4 is 10.1 Å². The van der Waals surface area contributed by atoms with Gasteiger partial charge in [0.05, 0.1) is 31.3 Å². The lowest BCUT2D eigenvalue weighted by Crippen LogP contribution is -2.40. The Morgan fingerprint density at radius 3 is 2.58 bits per heavy atom. The Bertz CT molecular complexity index is 1020. The van der Waals surface area contributed by atoms with Crippen molar-refractivity contribution in [3.8, 4) is 5.75 Å². The van der Waals surface area contributed by atoms with Crippen LogP contribution in [0.1, 0.15) is 36.1 Å². The Kier molecular flexibility index (Phi) is 7.69. The fourth-order valence-electron chi connectivity index (χ4n) is 3.76. The van der Waals surface area contributed by atoms with Crippen molar-refractivity contribution in [2.24, 2.45) is 0 Å². The molecule has 1 aliphatic rings. The van der Waals surface area contributed by atoms with Gasteiger partial charge in [0.2, 0.25) is 15.9 Å². The van der Waals surface area contributed by atoms with Gasteiger partial charge >= 0.3 is 0 Å². The molecule has 3 rings (SSSR count). The zero-order valence-electron chi connectivity index (χ0n) is 18.3. The summed E-state index contributed by atoms with van der Waals surface area (Å²) in [4.78, 5) is 12.8. The van der Waals surface area contributed by atoms with Crippen LogP contribution in [0.2, 0.25) is 0 Å². The van der Waals surface area contributed by atoms with Gasteiger partial charge in [0, 0.05) is 19.5 Å². The van der Waals surface area contributed by atoms with Gasteiger partial charge in [-0.3, -0.25) is 4.79 Å². The van der Waals surface area contributed by atoms with Gasteiger partial charge in [-0.15, -0.1) is 0 Å². The topological polar surface area (TPSA) is 84.9 Å². The number of methoxy groups -OCH3 is 1. The largest absolute Gasteiger partial charge is 0.496 e. The van der Waals surface area contributed by atoms with Crippen LogP contribution in [0.3, 0.4) is 0 Å². The summed E-state index contributed by atoms with van der Waals surface area (Å²) in [7, 11) is -2.07. The highest BCUT2D eigenvalue weighted by Gasteiger charge is 2.27. The molecule has 1 amide bonds. The molecule has 0 radical (unpaired) electrons. The predicted octanol–water partition coefficient (Wildman–Crippen LogP) is 2.83. The Labute approximate surface area is 184 Å². The van der Waals surface area contributed by atoms with Gasteiger partial charge in [0.25, 0.3) is 0 Å². The molecule has 1 N–H and O–H groups in total. The Balaban J connectivity index is 1.69. The monoisotopic (exact) mass is 446 g/mol. The minimum atomic E-state index is -3.61. The second kappa shape index (κ2) is 10.3. The smallest absolute Gasteiger partial charge is 0.243 e. The van der Waals surface area contributed by atoms with Gasteiger partial charge in [-0.05, 0) is 55.2 Å². The maximum Gasteiger partial charge on any atom is 0.243 e. The van der Waals surface area contributed by atoms with E-state index in [4.69, 9.17) is 9.47 Å². The summed E-state index contributed by atoms with van der Waals surface area (Å²) in [6, 6.07) is 12.6. The zero-order valence-corrected chi connectivity index (χ0v) is 19.1. The van der Waals surface area contributed by atoms with E-state index in [0.29, 0.717) is 44.0 Å². The highest BCUT2D eigenvalue weighted by Crippen LogP contribution is 2.26. The Morgan fingerprint density at radius 2 is 1.90 bits per heavy atom. The first-order chi connectivity index (χ1) is 14.8. The molecule has 2 aromatic carbocycles. The van der Waals surface area contributed by atoms with Crippen LogP contribution in [0.4, 0.5) is 0 Å². The standard InChI is InChI=1S/C23H30N2O5S/c1-17-6-4-5-7-21(17)18(2)24-23(26)11-8-19-16-20(9-10-22(19)29-3)31(27,28)25-12-14-30-15-13-25/h4-7,9-10,16,18H,8,11-15H2,1-3H3,(H,24,26)/t18-/m0/s1. The van der Waals surface area contributed by atoms with E-state index in [-0.39, 0.29) is 23.3 Å². The number of morpholine rings is 1. The molecule has 1 saturated heterocycles. The SMILES string of the molecule is COc1ccc(S(=O)(=O)N2CCOCC2)cc1CCC(=O)N[C@@H](C)c1ccccc1C. The maximum atomic E-state index is 13.0. The summed E-state index contributed by atoms with van der Waals surface area (Å²) in [6.07, 6.45) is 0.607. The number of nitrogens with zero attached hydrogens (tertiary/aromatic N) is 1. The number of benzene rings is 2. The number of hydrogen-bond acceptors (Lipinski definition) is 5. The van der Waals surface area contributed by atoms with E-state index in [0.717, 1.165) is 11.1 Å². The van der Waals surface area contributed by atoms with Crippen molar-refractivity contribution in [3.63, 3.8) is 0 Å². The second-order valence-electron chi connectivity index (χ2n) is 7.64. The van der Waals surface area contributed by atoms with Gasteiger partial charge in [0.15, 0.2) is 0 Å². The highest BCUT2D eigenvalue weighted by atomic mass is 32.2. The molecule has 168 valence electrons. The molecule has 8 heteroatoms. The van der Waals surface area contributed by atoms with E-state index in [9.17, 15) is 13.2 Å². The van der Waals surface area contributed by atoms with Crippen LogP contribution in [0.15, 0.2) is 47.4 Å². The van der Waals surface area contributed by atoms with E-state index in [2.05, 4.69) is 5.32 Å². The summed E-state index contributed by atoms with van der Waals surface area (Å²) >= 11 is 0. The highest BCUT2D eigenvalue weighted by molar-refractivity contribution is 7.89. The van der Waals surface area contributed by atoms with Crippen molar-refractivity contribution in [2.75, 3.05) is 33.4 Å². The predicted molar refractivity (Wildman–Crippen MR) is 119 cm³/mol. The zero-order chi connectivity index (χ0) is 22.4. The normalized spacial score (nSPS) is 16.0.